The van der Waals surface area contributed by atoms with Crippen LogP contribution in [0, 0.1) is 17.8 Å². The SMILES string of the molecule is CN(c1cnc(-c2ccc(-c3cc(F)n(C)c(=O)n3)cc2O)nn1)[C@H]1C[C@@H]2CCC[C@@H](C2)[C@H]1F. The highest BCUT2D eigenvalue weighted by molar-refractivity contribution is 5.71. The van der Waals surface area contributed by atoms with E-state index >= 15 is 4.39 Å². The van der Waals surface area contributed by atoms with E-state index in [1.165, 1.54) is 19.3 Å². The van der Waals surface area contributed by atoms with Gasteiger partial charge in [0.15, 0.2) is 17.6 Å². The molecule has 0 radical (unpaired) electrons. The van der Waals surface area contributed by atoms with Gasteiger partial charge in [-0.1, -0.05) is 18.9 Å². The number of phenols is 1. The van der Waals surface area contributed by atoms with E-state index in [1.807, 2.05) is 11.9 Å². The van der Waals surface area contributed by atoms with Gasteiger partial charge in [0.1, 0.15) is 11.9 Å². The molecule has 1 aromatic carbocycles. The molecule has 0 aliphatic heterocycles. The third-order valence-corrected chi connectivity index (χ3v) is 7.24. The topological polar surface area (TPSA) is 97.0 Å². The van der Waals surface area contributed by atoms with Crippen LogP contribution in [0.25, 0.3) is 22.6 Å². The van der Waals surface area contributed by atoms with Crippen LogP contribution in [0.5, 0.6) is 5.75 Å². The number of nitrogens with zero attached hydrogens (tertiary/aromatic N) is 6. The van der Waals surface area contributed by atoms with Gasteiger partial charge in [-0.05, 0) is 43.2 Å². The maximum Gasteiger partial charge on any atom is 0.350 e. The summed E-state index contributed by atoms with van der Waals surface area (Å²) in [5.74, 6) is 0.453. The molecular formula is C24H26F2N6O2. The fourth-order valence-electron chi connectivity index (χ4n) is 5.26. The number of rotatable bonds is 4. The van der Waals surface area contributed by atoms with Crippen LogP contribution in [0.4, 0.5) is 14.6 Å². The van der Waals surface area contributed by atoms with Crippen molar-refractivity contribution in [1.82, 2.24) is 24.7 Å². The van der Waals surface area contributed by atoms with Crippen molar-refractivity contribution in [1.29, 1.82) is 0 Å². The van der Waals surface area contributed by atoms with Gasteiger partial charge in [-0.15, -0.1) is 10.2 Å². The van der Waals surface area contributed by atoms with E-state index in [0.29, 0.717) is 22.9 Å². The molecule has 2 bridgehead atoms. The molecule has 1 N–H and O–H groups in total. The van der Waals surface area contributed by atoms with Crippen LogP contribution in [-0.2, 0) is 7.05 Å². The van der Waals surface area contributed by atoms with Gasteiger partial charge in [-0.2, -0.15) is 9.37 Å². The maximum absolute atomic E-state index is 15.1. The number of fused-ring (bicyclic) bond motifs is 2. The van der Waals surface area contributed by atoms with E-state index in [0.717, 1.165) is 42.7 Å². The predicted molar refractivity (Wildman–Crippen MR) is 123 cm³/mol. The molecule has 10 heteroatoms. The first-order chi connectivity index (χ1) is 16.3. The first-order valence-electron chi connectivity index (χ1n) is 11.5. The van der Waals surface area contributed by atoms with Crippen molar-refractivity contribution in [3.8, 4) is 28.4 Å². The number of benzene rings is 1. The summed E-state index contributed by atoms with van der Waals surface area (Å²) < 4.78 is 29.8. The van der Waals surface area contributed by atoms with Crippen LogP contribution >= 0.6 is 0 Å². The van der Waals surface area contributed by atoms with Gasteiger partial charge in [0, 0.05) is 25.7 Å². The Kier molecular flexibility index (Phi) is 5.75. The molecule has 2 fully saturated rings. The number of hydrogen-bond donors (Lipinski definition) is 1. The van der Waals surface area contributed by atoms with Crippen LogP contribution < -0.4 is 10.6 Å². The number of halogens is 2. The van der Waals surface area contributed by atoms with E-state index in [9.17, 15) is 14.3 Å². The fraction of sp³-hybridized carbons (Fsp3) is 0.458. The van der Waals surface area contributed by atoms with Crippen LogP contribution in [0.15, 0.2) is 35.3 Å². The van der Waals surface area contributed by atoms with Gasteiger partial charge in [0.2, 0.25) is 0 Å². The minimum absolute atomic E-state index is 0.108. The van der Waals surface area contributed by atoms with E-state index in [2.05, 4.69) is 20.2 Å². The minimum atomic E-state index is -0.895. The molecule has 0 saturated heterocycles. The zero-order chi connectivity index (χ0) is 24.0. The van der Waals surface area contributed by atoms with Crippen molar-refractivity contribution in [3.63, 3.8) is 0 Å². The standard InChI is InChI=1S/C24H26F2N6O2/c1-31(18-9-13-4-3-5-15(8-13)22(18)26)21-12-27-23(30-29-21)16-7-6-14(10-19(16)33)17-11-20(25)32(2)24(34)28-17/h6-7,10-13,15,18,22,33H,3-5,8-9H2,1-2H3/t13-,15+,18+,22-/m1/s1. The minimum Gasteiger partial charge on any atom is -0.507 e. The van der Waals surface area contributed by atoms with Crippen molar-refractivity contribution in [2.24, 2.45) is 18.9 Å². The molecule has 2 aliphatic rings. The average Bonchev–Trinajstić information content (AvgIpc) is 2.84. The van der Waals surface area contributed by atoms with E-state index in [4.69, 9.17) is 0 Å². The zero-order valence-electron chi connectivity index (χ0n) is 19.0. The first kappa shape index (κ1) is 22.4. The predicted octanol–water partition coefficient (Wildman–Crippen LogP) is 3.50. The summed E-state index contributed by atoms with van der Waals surface area (Å²) >= 11 is 0. The number of phenolic OH excluding ortho intramolecular Hbond substituents is 1. The largest absolute Gasteiger partial charge is 0.507 e. The third-order valence-electron chi connectivity index (χ3n) is 7.24. The molecule has 2 aromatic heterocycles. The lowest BCUT2D eigenvalue weighted by atomic mass is 9.69. The van der Waals surface area contributed by atoms with Gasteiger partial charge in [-0.25, -0.2) is 14.2 Å². The number of hydrogen-bond acceptors (Lipinski definition) is 7. The maximum atomic E-state index is 15.1. The van der Waals surface area contributed by atoms with E-state index in [-0.39, 0.29) is 29.2 Å². The molecule has 3 aromatic rings. The molecule has 34 heavy (non-hydrogen) atoms. The average molecular weight is 469 g/mol. The Labute approximate surface area is 195 Å². The Balaban J connectivity index is 1.37. The number of alkyl halides is 1. The molecule has 0 unspecified atom stereocenters. The molecule has 0 spiro atoms. The Morgan fingerprint density at radius 3 is 2.71 bits per heavy atom. The third kappa shape index (κ3) is 4.01. The van der Waals surface area contributed by atoms with Crippen molar-refractivity contribution in [2.45, 2.75) is 44.3 Å². The van der Waals surface area contributed by atoms with Crippen molar-refractivity contribution in [2.75, 3.05) is 11.9 Å². The van der Waals surface area contributed by atoms with Gasteiger partial charge < -0.3 is 10.0 Å². The second-order valence-corrected chi connectivity index (χ2v) is 9.33. The molecule has 0 amide bonds. The quantitative estimate of drug-likeness (QED) is 0.586. The van der Waals surface area contributed by atoms with E-state index < -0.39 is 17.8 Å². The highest BCUT2D eigenvalue weighted by atomic mass is 19.1. The summed E-state index contributed by atoms with van der Waals surface area (Å²) in [4.78, 5) is 21.8. The highest BCUT2D eigenvalue weighted by Gasteiger charge is 2.42. The lowest BCUT2D eigenvalue weighted by molar-refractivity contribution is 0.0656. The molecule has 2 heterocycles. The number of aromatic hydroxyl groups is 1. The highest BCUT2D eigenvalue weighted by Crippen LogP contribution is 2.43. The van der Waals surface area contributed by atoms with Crippen LogP contribution in [0.2, 0.25) is 0 Å². The van der Waals surface area contributed by atoms with Gasteiger partial charge in [0.25, 0.3) is 0 Å². The number of aromatic nitrogens is 5. The molecule has 2 aliphatic carbocycles. The van der Waals surface area contributed by atoms with Crippen LogP contribution in [-0.4, -0.2) is 49.1 Å². The number of anilines is 1. The zero-order valence-corrected chi connectivity index (χ0v) is 19.0. The smallest absolute Gasteiger partial charge is 0.350 e. The van der Waals surface area contributed by atoms with Gasteiger partial charge >= 0.3 is 5.69 Å². The van der Waals surface area contributed by atoms with Gasteiger partial charge in [-0.3, -0.25) is 4.57 Å². The second kappa shape index (κ2) is 8.73. The van der Waals surface area contributed by atoms with E-state index in [1.54, 1.807) is 12.1 Å². The lowest BCUT2D eigenvalue weighted by Crippen LogP contribution is -2.49. The van der Waals surface area contributed by atoms with Crippen molar-refractivity contribution < 1.29 is 13.9 Å². The Morgan fingerprint density at radius 1 is 1.18 bits per heavy atom. The Morgan fingerprint density at radius 2 is 2.00 bits per heavy atom. The molecule has 8 nitrogen and oxygen atoms in total. The van der Waals surface area contributed by atoms with Crippen molar-refractivity contribution in [3.05, 3.63) is 46.9 Å². The molecule has 2 saturated carbocycles. The summed E-state index contributed by atoms with van der Waals surface area (Å²) in [6.07, 6.45) is 5.63. The Bertz CT molecular complexity index is 1270. The normalized spacial score (nSPS) is 24.1. The second-order valence-electron chi connectivity index (χ2n) is 9.33. The summed E-state index contributed by atoms with van der Waals surface area (Å²) in [6.45, 7) is 0. The van der Waals surface area contributed by atoms with Crippen LogP contribution in [0.1, 0.15) is 32.1 Å². The fourth-order valence-corrected chi connectivity index (χ4v) is 5.26. The summed E-state index contributed by atoms with van der Waals surface area (Å²) in [5, 5.41) is 18.9. The molecular weight excluding hydrogens is 442 g/mol. The van der Waals surface area contributed by atoms with Gasteiger partial charge in [0.05, 0.1) is 23.5 Å². The summed E-state index contributed by atoms with van der Waals surface area (Å²) in [5.41, 5.74) is 0.0729. The Hall–Kier alpha value is -3.43. The monoisotopic (exact) mass is 468 g/mol. The van der Waals surface area contributed by atoms with Crippen molar-refractivity contribution >= 4 is 5.82 Å². The molecule has 5 rings (SSSR count). The summed E-state index contributed by atoms with van der Waals surface area (Å²) in [6, 6.07) is 5.39. The molecule has 4 atom stereocenters. The first-order valence-corrected chi connectivity index (χ1v) is 11.5. The lowest BCUT2D eigenvalue weighted by Gasteiger charge is -2.45. The van der Waals surface area contributed by atoms with Crippen LogP contribution in [0.3, 0.4) is 0 Å². The summed E-state index contributed by atoms with van der Waals surface area (Å²) in [7, 11) is 3.11. The molecule has 178 valence electrons.